The molecule has 1 aromatic carbocycles. The lowest BCUT2D eigenvalue weighted by atomic mass is 9.96. The van der Waals surface area contributed by atoms with Crippen molar-refractivity contribution >= 4 is 22.8 Å². The normalized spacial score (nSPS) is 23.1. The first-order valence-corrected chi connectivity index (χ1v) is 8.17. The molecule has 1 saturated carbocycles. The van der Waals surface area contributed by atoms with Crippen LogP contribution in [-0.4, -0.2) is 27.9 Å². The van der Waals surface area contributed by atoms with Crippen LogP contribution in [0, 0.1) is 0 Å². The molecule has 0 bridgehead atoms. The summed E-state index contributed by atoms with van der Waals surface area (Å²) < 4.78 is 5.52. The van der Waals surface area contributed by atoms with Gasteiger partial charge in [0.05, 0.1) is 17.6 Å². The van der Waals surface area contributed by atoms with E-state index < -0.39 is 0 Å². The number of rotatable bonds is 4. The highest BCUT2D eigenvalue weighted by atomic mass is 32.2. The SMILES string of the molecule is CCOc1ccc2nc(SC3CCC(N)CC3)[nH]c2c1. The average Bonchev–Trinajstić information content (AvgIpc) is 2.83. The number of fused-ring (bicyclic) bond motifs is 1. The molecule has 0 radical (unpaired) electrons. The number of aromatic nitrogens is 2. The van der Waals surface area contributed by atoms with Crippen molar-refractivity contribution in [1.82, 2.24) is 9.97 Å². The number of nitrogens with two attached hydrogens (primary N) is 1. The van der Waals surface area contributed by atoms with E-state index in [1.165, 1.54) is 12.8 Å². The molecule has 1 aliphatic carbocycles. The van der Waals surface area contributed by atoms with Crippen LogP contribution in [0.25, 0.3) is 11.0 Å². The molecule has 3 rings (SSSR count). The first-order chi connectivity index (χ1) is 9.74. The number of hydrogen-bond acceptors (Lipinski definition) is 4. The maximum atomic E-state index is 5.95. The van der Waals surface area contributed by atoms with Crippen molar-refractivity contribution in [1.29, 1.82) is 0 Å². The molecule has 0 amide bonds. The fourth-order valence-electron chi connectivity index (χ4n) is 2.64. The van der Waals surface area contributed by atoms with Gasteiger partial charge in [0, 0.05) is 17.4 Å². The molecule has 0 unspecified atom stereocenters. The molecule has 0 spiro atoms. The molecule has 1 fully saturated rings. The minimum atomic E-state index is 0.399. The van der Waals surface area contributed by atoms with Crippen LogP contribution >= 0.6 is 11.8 Å². The van der Waals surface area contributed by atoms with Gasteiger partial charge < -0.3 is 15.5 Å². The highest BCUT2D eigenvalue weighted by molar-refractivity contribution is 7.99. The second-order valence-corrected chi connectivity index (χ2v) is 6.60. The van der Waals surface area contributed by atoms with Crippen LogP contribution in [-0.2, 0) is 0 Å². The Morgan fingerprint density at radius 1 is 1.35 bits per heavy atom. The lowest BCUT2D eigenvalue weighted by Crippen LogP contribution is -2.27. The van der Waals surface area contributed by atoms with Crippen LogP contribution in [0.15, 0.2) is 23.4 Å². The quantitative estimate of drug-likeness (QED) is 0.907. The Bertz CT molecular complexity index is 576. The number of benzene rings is 1. The van der Waals surface area contributed by atoms with Crippen LogP contribution in [0.5, 0.6) is 5.75 Å². The van der Waals surface area contributed by atoms with Crippen molar-refractivity contribution in [3.8, 4) is 5.75 Å². The monoisotopic (exact) mass is 291 g/mol. The van der Waals surface area contributed by atoms with E-state index >= 15 is 0 Å². The molecule has 1 aromatic heterocycles. The Morgan fingerprint density at radius 3 is 2.90 bits per heavy atom. The summed E-state index contributed by atoms with van der Waals surface area (Å²) in [5.74, 6) is 0.892. The summed E-state index contributed by atoms with van der Waals surface area (Å²) in [5.41, 5.74) is 8.00. The third-order valence-electron chi connectivity index (χ3n) is 3.74. The number of thioether (sulfide) groups is 1. The van der Waals surface area contributed by atoms with E-state index in [9.17, 15) is 0 Å². The molecule has 4 nitrogen and oxygen atoms in total. The van der Waals surface area contributed by atoms with Crippen LogP contribution in [0.3, 0.4) is 0 Å². The van der Waals surface area contributed by atoms with Crippen molar-refractivity contribution in [3.63, 3.8) is 0 Å². The van der Waals surface area contributed by atoms with Crippen LogP contribution < -0.4 is 10.5 Å². The number of nitrogens with zero attached hydrogens (tertiary/aromatic N) is 1. The van der Waals surface area contributed by atoms with Gasteiger partial charge in [-0.2, -0.15) is 0 Å². The summed E-state index contributed by atoms with van der Waals surface area (Å²) in [7, 11) is 0. The lowest BCUT2D eigenvalue weighted by Gasteiger charge is -2.24. The van der Waals surface area contributed by atoms with Gasteiger partial charge in [-0.15, -0.1) is 0 Å². The molecule has 0 saturated heterocycles. The Morgan fingerprint density at radius 2 is 2.15 bits per heavy atom. The smallest absolute Gasteiger partial charge is 0.166 e. The molecule has 2 aromatic rings. The van der Waals surface area contributed by atoms with Gasteiger partial charge in [0.25, 0.3) is 0 Å². The molecule has 0 atom stereocenters. The molecule has 3 N–H and O–H groups in total. The third-order valence-corrected chi connectivity index (χ3v) is 4.96. The molecular formula is C15H21N3OS. The number of hydrogen-bond donors (Lipinski definition) is 2. The molecular weight excluding hydrogens is 270 g/mol. The number of aromatic amines is 1. The van der Waals surface area contributed by atoms with Crippen LogP contribution in [0.4, 0.5) is 0 Å². The van der Waals surface area contributed by atoms with Gasteiger partial charge in [0.15, 0.2) is 5.16 Å². The van der Waals surface area contributed by atoms with E-state index in [2.05, 4.69) is 9.97 Å². The van der Waals surface area contributed by atoms with Crippen molar-refractivity contribution < 1.29 is 4.74 Å². The minimum absolute atomic E-state index is 0.399. The second-order valence-electron chi connectivity index (χ2n) is 5.31. The summed E-state index contributed by atoms with van der Waals surface area (Å²) in [4.78, 5) is 8.04. The Balaban J connectivity index is 1.72. The summed E-state index contributed by atoms with van der Waals surface area (Å²) >= 11 is 1.85. The van der Waals surface area contributed by atoms with E-state index in [0.717, 1.165) is 34.8 Å². The number of nitrogens with one attached hydrogen (secondary N) is 1. The van der Waals surface area contributed by atoms with Gasteiger partial charge in [0.1, 0.15) is 5.75 Å². The topological polar surface area (TPSA) is 63.9 Å². The maximum Gasteiger partial charge on any atom is 0.166 e. The summed E-state index contributed by atoms with van der Waals surface area (Å²) in [5, 5.41) is 1.65. The molecule has 1 heterocycles. The van der Waals surface area contributed by atoms with E-state index in [1.807, 2.05) is 36.9 Å². The van der Waals surface area contributed by atoms with Gasteiger partial charge in [-0.25, -0.2) is 4.98 Å². The standard InChI is InChI=1S/C15H21N3OS/c1-2-19-11-5-8-13-14(9-11)18-15(17-13)20-12-6-3-10(16)4-7-12/h5,8-10,12H,2-4,6-7,16H2,1H3,(H,17,18). The lowest BCUT2D eigenvalue weighted by molar-refractivity contribution is 0.340. The Labute approximate surface area is 123 Å². The van der Waals surface area contributed by atoms with E-state index in [4.69, 9.17) is 10.5 Å². The highest BCUT2D eigenvalue weighted by Crippen LogP contribution is 2.33. The predicted molar refractivity (Wildman–Crippen MR) is 83.4 cm³/mol. The molecule has 0 aliphatic heterocycles. The molecule has 108 valence electrons. The molecule has 5 heteroatoms. The van der Waals surface area contributed by atoms with Crippen LogP contribution in [0.1, 0.15) is 32.6 Å². The van der Waals surface area contributed by atoms with Gasteiger partial charge >= 0.3 is 0 Å². The predicted octanol–water partition coefficient (Wildman–Crippen LogP) is 3.32. The maximum absolute atomic E-state index is 5.95. The van der Waals surface area contributed by atoms with Crippen molar-refractivity contribution in [3.05, 3.63) is 18.2 Å². The van der Waals surface area contributed by atoms with Crippen molar-refractivity contribution in [2.45, 2.75) is 49.1 Å². The minimum Gasteiger partial charge on any atom is -0.494 e. The zero-order valence-corrected chi connectivity index (χ0v) is 12.6. The van der Waals surface area contributed by atoms with E-state index in [-0.39, 0.29) is 0 Å². The van der Waals surface area contributed by atoms with E-state index in [1.54, 1.807) is 0 Å². The second kappa shape index (κ2) is 6.06. The van der Waals surface area contributed by atoms with Gasteiger partial charge in [0.2, 0.25) is 0 Å². The first-order valence-electron chi connectivity index (χ1n) is 7.29. The summed E-state index contributed by atoms with van der Waals surface area (Å²) in [6, 6.07) is 6.40. The van der Waals surface area contributed by atoms with Gasteiger partial charge in [-0.3, -0.25) is 0 Å². The molecule has 20 heavy (non-hydrogen) atoms. The fourth-order valence-corrected chi connectivity index (χ4v) is 3.79. The zero-order chi connectivity index (χ0) is 13.9. The highest BCUT2D eigenvalue weighted by Gasteiger charge is 2.20. The molecule has 1 aliphatic rings. The van der Waals surface area contributed by atoms with Crippen molar-refractivity contribution in [2.24, 2.45) is 5.73 Å². The Hall–Kier alpha value is -1.20. The van der Waals surface area contributed by atoms with Gasteiger partial charge in [-0.05, 0) is 44.7 Å². The van der Waals surface area contributed by atoms with E-state index in [0.29, 0.717) is 17.9 Å². The van der Waals surface area contributed by atoms with Gasteiger partial charge in [-0.1, -0.05) is 11.8 Å². The van der Waals surface area contributed by atoms with Crippen LogP contribution in [0.2, 0.25) is 0 Å². The Kier molecular flexibility index (Phi) is 4.17. The summed E-state index contributed by atoms with van der Waals surface area (Å²) in [6.45, 7) is 2.68. The first kappa shape index (κ1) is 13.8. The number of ether oxygens (including phenoxy) is 1. The number of imidazole rings is 1. The largest absolute Gasteiger partial charge is 0.494 e. The number of H-pyrrole nitrogens is 1. The van der Waals surface area contributed by atoms with Crippen molar-refractivity contribution in [2.75, 3.05) is 6.61 Å². The summed E-state index contributed by atoms with van der Waals surface area (Å²) in [6.07, 6.45) is 4.64. The fraction of sp³-hybridized carbons (Fsp3) is 0.533. The average molecular weight is 291 g/mol. The zero-order valence-electron chi connectivity index (χ0n) is 11.8. The third kappa shape index (κ3) is 3.10.